The summed E-state index contributed by atoms with van der Waals surface area (Å²) < 4.78 is 2.81. The molecule has 2 heterocycles. The van der Waals surface area contributed by atoms with Crippen molar-refractivity contribution in [1.29, 1.82) is 0 Å². The molecule has 0 atom stereocenters. The zero-order valence-corrected chi connectivity index (χ0v) is 15.2. The highest BCUT2D eigenvalue weighted by Gasteiger charge is 2.17. The Kier molecular flexibility index (Phi) is 4.78. The first-order chi connectivity index (χ1) is 11.9. The molecule has 130 valence electrons. The minimum atomic E-state index is -0.558. The van der Waals surface area contributed by atoms with Crippen molar-refractivity contribution in [1.82, 2.24) is 14.5 Å². The molecule has 0 saturated carbocycles. The number of carbonyl (C=O) groups excluding carboxylic acids is 1. The Morgan fingerprint density at radius 3 is 2.52 bits per heavy atom. The third-order valence-corrected chi connectivity index (χ3v) is 4.73. The number of aromatic nitrogens is 2. The Balaban J connectivity index is 2.22. The molecule has 2 aromatic heterocycles. The zero-order valence-electron chi connectivity index (χ0n) is 13.7. The number of carbonyl (C=O) groups is 1. The normalized spacial score (nSPS) is 11.2. The van der Waals surface area contributed by atoms with Crippen molar-refractivity contribution in [3.8, 4) is 5.69 Å². The van der Waals surface area contributed by atoms with Crippen LogP contribution in [-0.2, 0) is 11.3 Å². The van der Waals surface area contributed by atoms with Crippen molar-refractivity contribution >= 4 is 39.1 Å². The van der Waals surface area contributed by atoms with Crippen LogP contribution in [0, 0.1) is 0 Å². The summed E-state index contributed by atoms with van der Waals surface area (Å²) in [5.41, 5.74) is -0.0909. The smallest absolute Gasteiger partial charge is 0.336 e. The summed E-state index contributed by atoms with van der Waals surface area (Å²) in [4.78, 5) is 37.8. The number of hydrogen-bond donors (Lipinski definition) is 1. The second-order valence-electron chi connectivity index (χ2n) is 5.84. The van der Waals surface area contributed by atoms with E-state index in [2.05, 4.69) is 5.32 Å². The maximum Gasteiger partial charge on any atom is 0.336 e. The molecule has 0 aliphatic heterocycles. The SMILES string of the molecule is CC(C)NC(=O)Cn1c(=O)n(-c2ccc(Cl)cc2)c(=O)c2sccc21. The Morgan fingerprint density at radius 2 is 1.88 bits per heavy atom. The molecular weight excluding hydrogens is 362 g/mol. The Morgan fingerprint density at radius 1 is 1.20 bits per heavy atom. The van der Waals surface area contributed by atoms with E-state index in [0.717, 1.165) is 4.57 Å². The van der Waals surface area contributed by atoms with E-state index in [1.165, 1.54) is 15.9 Å². The standard InChI is InChI=1S/C17H16ClN3O3S/c1-10(2)19-14(22)9-20-13-7-8-25-15(13)16(23)21(17(20)24)12-5-3-11(18)4-6-12/h3-8,10H,9H2,1-2H3,(H,19,22). The molecule has 0 aliphatic rings. The van der Waals surface area contributed by atoms with Crippen LogP contribution in [-0.4, -0.2) is 21.1 Å². The van der Waals surface area contributed by atoms with Gasteiger partial charge in [-0.25, -0.2) is 9.36 Å². The van der Waals surface area contributed by atoms with Gasteiger partial charge >= 0.3 is 5.69 Å². The third kappa shape index (κ3) is 3.38. The molecule has 1 amide bonds. The van der Waals surface area contributed by atoms with Crippen molar-refractivity contribution < 1.29 is 4.79 Å². The Hall–Kier alpha value is -2.38. The fourth-order valence-corrected chi connectivity index (χ4v) is 3.52. The predicted octanol–water partition coefficient (Wildman–Crippen LogP) is 2.39. The van der Waals surface area contributed by atoms with Gasteiger partial charge in [0.1, 0.15) is 11.2 Å². The average molecular weight is 378 g/mol. The highest BCUT2D eigenvalue weighted by Crippen LogP contribution is 2.17. The molecule has 6 nitrogen and oxygen atoms in total. The number of hydrogen-bond acceptors (Lipinski definition) is 4. The Bertz CT molecular complexity index is 1050. The molecule has 3 rings (SSSR count). The van der Waals surface area contributed by atoms with E-state index in [-0.39, 0.29) is 18.5 Å². The predicted molar refractivity (Wildman–Crippen MR) is 100.0 cm³/mol. The van der Waals surface area contributed by atoms with Crippen molar-refractivity contribution in [2.45, 2.75) is 26.4 Å². The fourth-order valence-electron chi connectivity index (χ4n) is 2.57. The number of halogens is 1. The van der Waals surface area contributed by atoms with Crippen molar-refractivity contribution in [3.63, 3.8) is 0 Å². The quantitative estimate of drug-likeness (QED) is 0.758. The molecule has 0 fully saturated rings. The molecule has 0 bridgehead atoms. The molecule has 0 aliphatic carbocycles. The fraction of sp³-hybridized carbons (Fsp3) is 0.235. The van der Waals surface area contributed by atoms with Crippen LogP contribution in [0.5, 0.6) is 0 Å². The lowest BCUT2D eigenvalue weighted by Gasteiger charge is -2.13. The number of nitrogens with one attached hydrogen (secondary N) is 1. The maximum absolute atomic E-state index is 12.9. The van der Waals surface area contributed by atoms with Crippen LogP contribution in [0.15, 0.2) is 45.3 Å². The van der Waals surface area contributed by atoms with Crippen LogP contribution in [0.25, 0.3) is 15.9 Å². The van der Waals surface area contributed by atoms with Crippen molar-refractivity contribution in [3.05, 3.63) is 61.6 Å². The summed E-state index contributed by atoms with van der Waals surface area (Å²) in [6.45, 7) is 3.53. The molecule has 0 saturated heterocycles. The second kappa shape index (κ2) is 6.85. The number of fused-ring (bicyclic) bond motifs is 1. The first-order valence-electron chi connectivity index (χ1n) is 7.67. The summed E-state index contributed by atoms with van der Waals surface area (Å²) >= 11 is 7.12. The minimum absolute atomic E-state index is 0.0386. The van der Waals surface area contributed by atoms with Gasteiger partial charge in [0.25, 0.3) is 5.56 Å². The molecule has 0 radical (unpaired) electrons. The van der Waals surface area contributed by atoms with Gasteiger partial charge in [-0.15, -0.1) is 11.3 Å². The van der Waals surface area contributed by atoms with E-state index in [0.29, 0.717) is 20.9 Å². The first kappa shape index (κ1) is 17.4. The van der Waals surface area contributed by atoms with E-state index in [1.807, 2.05) is 13.8 Å². The van der Waals surface area contributed by atoms with Crippen LogP contribution < -0.4 is 16.6 Å². The molecule has 1 aromatic carbocycles. The van der Waals surface area contributed by atoms with Crippen LogP contribution in [0.3, 0.4) is 0 Å². The van der Waals surface area contributed by atoms with Crippen molar-refractivity contribution in [2.75, 3.05) is 0 Å². The van der Waals surface area contributed by atoms with E-state index in [9.17, 15) is 14.4 Å². The summed E-state index contributed by atoms with van der Waals surface area (Å²) in [5, 5.41) is 4.99. The Labute approximate surface area is 152 Å². The topological polar surface area (TPSA) is 73.1 Å². The van der Waals surface area contributed by atoms with Crippen LogP contribution in [0.4, 0.5) is 0 Å². The van der Waals surface area contributed by atoms with Gasteiger partial charge < -0.3 is 5.32 Å². The molecule has 1 N–H and O–H groups in total. The zero-order chi connectivity index (χ0) is 18.1. The molecule has 3 aromatic rings. The van der Waals surface area contributed by atoms with Gasteiger partial charge in [0.2, 0.25) is 5.91 Å². The van der Waals surface area contributed by atoms with Gasteiger partial charge in [0.05, 0.1) is 11.2 Å². The van der Waals surface area contributed by atoms with Gasteiger partial charge in [-0.05, 0) is 49.6 Å². The number of thiophene rings is 1. The van der Waals surface area contributed by atoms with E-state index in [4.69, 9.17) is 11.6 Å². The largest absolute Gasteiger partial charge is 0.352 e. The summed E-state index contributed by atoms with van der Waals surface area (Å²) in [7, 11) is 0. The molecule has 0 spiro atoms. The lowest BCUT2D eigenvalue weighted by atomic mass is 10.3. The van der Waals surface area contributed by atoms with E-state index < -0.39 is 11.2 Å². The highest BCUT2D eigenvalue weighted by atomic mass is 35.5. The van der Waals surface area contributed by atoms with Crippen LogP contribution in [0.2, 0.25) is 5.02 Å². The second-order valence-corrected chi connectivity index (χ2v) is 7.20. The highest BCUT2D eigenvalue weighted by molar-refractivity contribution is 7.17. The third-order valence-electron chi connectivity index (χ3n) is 3.59. The van der Waals surface area contributed by atoms with Gasteiger partial charge in [0, 0.05) is 11.1 Å². The molecule has 8 heteroatoms. The lowest BCUT2D eigenvalue weighted by molar-refractivity contribution is -0.122. The van der Waals surface area contributed by atoms with Gasteiger partial charge in [-0.3, -0.25) is 14.2 Å². The van der Waals surface area contributed by atoms with Gasteiger partial charge in [-0.1, -0.05) is 11.6 Å². The maximum atomic E-state index is 12.9. The minimum Gasteiger partial charge on any atom is -0.352 e. The summed E-state index contributed by atoms with van der Waals surface area (Å²) in [5.74, 6) is -0.286. The van der Waals surface area contributed by atoms with Crippen LogP contribution >= 0.6 is 22.9 Å². The van der Waals surface area contributed by atoms with Crippen molar-refractivity contribution in [2.24, 2.45) is 0 Å². The first-order valence-corrected chi connectivity index (χ1v) is 8.92. The van der Waals surface area contributed by atoms with E-state index in [1.54, 1.807) is 35.7 Å². The number of nitrogens with zero attached hydrogens (tertiary/aromatic N) is 2. The monoisotopic (exact) mass is 377 g/mol. The summed E-state index contributed by atoms with van der Waals surface area (Å²) in [6.07, 6.45) is 0. The number of rotatable bonds is 4. The number of amides is 1. The van der Waals surface area contributed by atoms with Gasteiger partial charge in [-0.2, -0.15) is 0 Å². The summed E-state index contributed by atoms with van der Waals surface area (Å²) in [6, 6.07) is 8.06. The van der Waals surface area contributed by atoms with E-state index >= 15 is 0 Å². The molecule has 25 heavy (non-hydrogen) atoms. The molecular formula is C17H16ClN3O3S. The molecule has 0 unspecified atom stereocenters. The van der Waals surface area contributed by atoms with Gasteiger partial charge in [0.15, 0.2) is 0 Å². The average Bonchev–Trinajstić information content (AvgIpc) is 3.02. The lowest BCUT2D eigenvalue weighted by Crippen LogP contribution is -2.42. The van der Waals surface area contributed by atoms with Crippen LogP contribution in [0.1, 0.15) is 13.8 Å². The number of benzene rings is 1.